The van der Waals surface area contributed by atoms with Gasteiger partial charge in [0.25, 0.3) is 0 Å². The highest BCUT2D eigenvalue weighted by Crippen LogP contribution is 2.40. The highest BCUT2D eigenvalue weighted by atomic mass is 15.2. The van der Waals surface area contributed by atoms with Gasteiger partial charge in [0.1, 0.15) is 0 Å². The Kier molecular flexibility index (Phi) is 27.7. The molecule has 0 amide bonds. The fourth-order valence-corrected chi connectivity index (χ4v) is 7.08. The molecule has 1 fully saturated rings. The van der Waals surface area contributed by atoms with Gasteiger partial charge in [0, 0.05) is 13.1 Å². The van der Waals surface area contributed by atoms with E-state index in [2.05, 4.69) is 50.1 Å². The van der Waals surface area contributed by atoms with Crippen LogP contribution in [0, 0.1) is 5.41 Å². The van der Waals surface area contributed by atoms with Crippen LogP contribution in [0.2, 0.25) is 0 Å². The maximum absolute atomic E-state index is 2.56. The SMILES string of the molecule is CCCCC/C=C\C/C=C\CCCCCCCCC1(CCCCCCCCCCCCCCCCCC)CN(C)C1. The lowest BCUT2D eigenvalue weighted by atomic mass is 9.72. The molecule has 242 valence electrons. The number of nitrogens with zero attached hydrogens (tertiary/aromatic N) is 1. The Morgan fingerprint density at radius 1 is 0.415 bits per heavy atom. The van der Waals surface area contributed by atoms with Crippen molar-refractivity contribution in [2.45, 2.75) is 206 Å². The first-order valence-corrected chi connectivity index (χ1v) is 19.2. The molecular weight excluding hydrogens is 494 g/mol. The van der Waals surface area contributed by atoms with Crippen LogP contribution < -0.4 is 0 Å². The first-order valence-electron chi connectivity index (χ1n) is 19.2. The zero-order chi connectivity index (χ0) is 29.5. The second-order valence-corrected chi connectivity index (χ2v) is 14.1. The van der Waals surface area contributed by atoms with Crippen LogP contribution in [-0.4, -0.2) is 25.0 Å². The fourth-order valence-electron chi connectivity index (χ4n) is 7.08. The van der Waals surface area contributed by atoms with Gasteiger partial charge in [0.2, 0.25) is 0 Å². The lowest BCUT2D eigenvalue weighted by Gasteiger charge is -2.49. The number of allylic oxidation sites excluding steroid dienone is 4. The monoisotopic (exact) mass is 572 g/mol. The van der Waals surface area contributed by atoms with Crippen LogP contribution in [0.4, 0.5) is 0 Å². The van der Waals surface area contributed by atoms with E-state index in [9.17, 15) is 0 Å². The van der Waals surface area contributed by atoms with E-state index in [1.165, 1.54) is 199 Å². The van der Waals surface area contributed by atoms with Gasteiger partial charge in [0.15, 0.2) is 0 Å². The molecule has 1 aliphatic heterocycles. The van der Waals surface area contributed by atoms with Gasteiger partial charge in [-0.3, -0.25) is 0 Å². The molecular formula is C40H77N. The molecule has 1 heterocycles. The van der Waals surface area contributed by atoms with Crippen molar-refractivity contribution in [3.63, 3.8) is 0 Å². The Hall–Kier alpha value is -0.560. The average Bonchev–Trinajstić information content (AvgIpc) is 2.95. The predicted octanol–water partition coefficient (Wildman–Crippen LogP) is 13.8. The molecule has 0 aromatic heterocycles. The van der Waals surface area contributed by atoms with E-state index < -0.39 is 0 Å². The predicted molar refractivity (Wildman–Crippen MR) is 188 cm³/mol. The summed E-state index contributed by atoms with van der Waals surface area (Å²) < 4.78 is 0. The van der Waals surface area contributed by atoms with Crippen molar-refractivity contribution in [1.82, 2.24) is 4.90 Å². The molecule has 0 N–H and O–H groups in total. The molecule has 1 rings (SSSR count). The molecule has 0 atom stereocenters. The molecule has 0 spiro atoms. The van der Waals surface area contributed by atoms with Crippen LogP contribution >= 0.6 is 0 Å². The second kappa shape index (κ2) is 29.5. The summed E-state index contributed by atoms with van der Waals surface area (Å²) >= 11 is 0. The number of hydrogen-bond donors (Lipinski definition) is 0. The molecule has 1 saturated heterocycles. The number of unbranched alkanes of at least 4 members (excludes halogenated alkanes) is 24. The normalized spacial score (nSPS) is 15.4. The second-order valence-electron chi connectivity index (χ2n) is 14.1. The van der Waals surface area contributed by atoms with E-state index in [4.69, 9.17) is 0 Å². The molecule has 0 bridgehead atoms. The fraction of sp³-hybridized carbons (Fsp3) is 0.900. The van der Waals surface area contributed by atoms with Gasteiger partial charge in [-0.2, -0.15) is 0 Å². The zero-order valence-electron chi connectivity index (χ0n) is 28.9. The van der Waals surface area contributed by atoms with Crippen LogP contribution in [0.3, 0.4) is 0 Å². The first kappa shape index (κ1) is 38.5. The molecule has 0 saturated carbocycles. The Morgan fingerprint density at radius 2 is 0.732 bits per heavy atom. The molecule has 0 aromatic rings. The topological polar surface area (TPSA) is 3.24 Å². The minimum absolute atomic E-state index is 0.681. The summed E-state index contributed by atoms with van der Waals surface area (Å²) in [6.07, 6.45) is 52.4. The lowest BCUT2D eigenvalue weighted by molar-refractivity contribution is 0.00256. The molecule has 0 radical (unpaired) electrons. The number of likely N-dealkylation sites (tertiary alicyclic amines) is 1. The smallest absolute Gasteiger partial charge is 0.00474 e. The maximum atomic E-state index is 2.56. The van der Waals surface area contributed by atoms with Crippen molar-refractivity contribution < 1.29 is 0 Å². The van der Waals surface area contributed by atoms with Crippen molar-refractivity contribution in [2.75, 3.05) is 20.1 Å². The third-order valence-electron chi connectivity index (χ3n) is 9.68. The summed E-state index contributed by atoms with van der Waals surface area (Å²) in [6, 6.07) is 0. The molecule has 41 heavy (non-hydrogen) atoms. The van der Waals surface area contributed by atoms with Gasteiger partial charge in [0.05, 0.1) is 0 Å². The average molecular weight is 572 g/mol. The van der Waals surface area contributed by atoms with Gasteiger partial charge in [-0.1, -0.05) is 186 Å². The van der Waals surface area contributed by atoms with Gasteiger partial charge < -0.3 is 4.90 Å². The molecule has 1 heteroatoms. The summed E-state index contributed by atoms with van der Waals surface area (Å²) in [4.78, 5) is 2.56. The van der Waals surface area contributed by atoms with E-state index in [0.717, 1.165) is 6.42 Å². The van der Waals surface area contributed by atoms with Crippen molar-refractivity contribution in [1.29, 1.82) is 0 Å². The van der Waals surface area contributed by atoms with Crippen molar-refractivity contribution in [3.05, 3.63) is 24.3 Å². The van der Waals surface area contributed by atoms with E-state index in [1.807, 2.05) is 0 Å². The number of hydrogen-bond acceptors (Lipinski definition) is 1. The minimum Gasteiger partial charge on any atom is -0.305 e. The van der Waals surface area contributed by atoms with Crippen molar-refractivity contribution in [3.8, 4) is 0 Å². The number of rotatable bonds is 32. The van der Waals surface area contributed by atoms with Gasteiger partial charge in [-0.05, 0) is 57.4 Å². The molecule has 0 unspecified atom stereocenters. The van der Waals surface area contributed by atoms with Crippen LogP contribution in [0.1, 0.15) is 206 Å². The van der Waals surface area contributed by atoms with Crippen LogP contribution in [-0.2, 0) is 0 Å². The first-order chi connectivity index (χ1) is 20.2. The maximum Gasteiger partial charge on any atom is 0.00474 e. The van der Waals surface area contributed by atoms with E-state index in [1.54, 1.807) is 0 Å². The van der Waals surface area contributed by atoms with Crippen molar-refractivity contribution >= 4 is 0 Å². The quantitative estimate of drug-likeness (QED) is 0.0573. The van der Waals surface area contributed by atoms with Crippen LogP contribution in [0.25, 0.3) is 0 Å². The third kappa shape index (κ3) is 24.6. The standard InChI is InChI=1S/C40H77N/c1-4-6-8-10-12-14-16-18-20-22-24-26-28-30-32-34-36-40(38-41(3)39-40)37-35-33-31-29-27-25-23-21-19-17-15-13-11-9-7-5-2/h12,14,18,20H,4-11,13,15-17,19,21-39H2,1-3H3/b14-12-,20-18-. The van der Waals surface area contributed by atoms with Crippen molar-refractivity contribution in [2.24, 2.45) is 5.41 Å². The lowest BCUT2D eigenvalue weighted by Crippen LogP contribution is -2.54. The summed E-state index contributed by atoms with van der Waals surface area (Å²) in [5, 5.41) is 0. The molecule has 1 nitrogen and oxygen atoms in total. The van der Waals surface area contributed by atoms with E-state index in [-0.39, 0.29) is 0 Å². The highest BCUT2D eigenvalue weighted by molar-refractivity contribution is 4.93. The third-order valence-corrected chi connectivity index (χ3v) is 9.68. The van der Waals surface area contributed by atoms with E-state index >= 15 is 0 Å². The van der Waals surface area contributed by atoms with Gasteiger partial charge in [-0.15, -0.1) is 0 Å². The largest absolute Gasteiger partial charge is 0.305 e. The Balaban J connectivity index is 1.88. The van der Waals surface area contributed by atoms with Gasteiger partial charge in [-0.25, -0.2) is 0 Å². The minimum atomic E-state index is 0.681. The Morgan fingerprint density at radius 3 is 1.12 bits per heavy atom. The zero-order valence-corrected chi connectivity index (χ0v) is 28.9. The molecule has 0 aromatic carbocycles. The summed E-state index contributed by atoms with van der Waals surface area (Å²) in [5.41, 5.74) is 0.681. The Bertz CT molecular complexity index is 569. The van der Waals surface area contributed by atoms with Gasteiger partial charge >= 0.3 is 0 Å². The summed E-state index contributed by atoms with van der Waals surface area (Å²) in [7, 11) is 2.32. The molecule has 1 aliphatic rings. The van der Waals surface area contributed by atoms with E-state index in [0.29, 0.717) is 5.41 Å². The highest BCUT2D eigenvalue weighted by Gasteiger charge is 2.39. The van der Waals surface area contributed by atoms with Crippen LogP contribution in [0.5, 0.6) is 0 Å². The Labute approximate surface area is 260 Å². The summed E-state index contributed by atoms with van der Waals surface area (Å²) in [6.45, 7) is 7.32. The van der Waals surface area contributed by atoms with Crippen LogP contribution in [0.15, 0.2) is 24.3 Å². The molecule has 0 aliphatic carbocycles. The summed E-state index contributed by atoms with van der Waals surface area (Å²) in [5.74, 6) is 0.